The molecule has 0 bridgehead atoms. The fourth-order valence-corrected chi connectivity index (χ4v) is 8.26. The predicted molar refractivity (Wildman–Crippen MR) is 125 cm³/mol. The highest BCUT2D eigenvalue weighted by atomic mass is 19.1. The van der Waals surface area contributed by atoms with Crippen LogP contribution in [0.25, 0.3) is 0 Å². The Morgan fingerprint density at radius 1 is 1.24 bits per heavy atom. The van der Waals surface area contributed by atoms with Crippen LogP contribution in [-0.4, -0.2) is 41.0 Å². The summed E-state index contributed by atoms with van der Waals surface area (Å²) in [7, 11) is 1.91. The zero-order chi connectivity index (χ0) is 24.3. The number of carbonyl (C=O) groups is 2. The highest BCUT2D eigenvalue weighted by Crippen LogP contribution is 2.66. The topological polar surface area (TPSA) is 62.3 Å². The van der Waals surface area contributed by atoms with Gasteiger partial charge in [0.15, 0.2) is 6.17 Å². The first-order chi connectivity index (χ1) is 16.2. The molecule has 1 aromatic heterocycles. The fraction of sp³-hybridized carbons (Fsp3) is 0.667. The summed E-state index contributed by atoms with van der Waals surface area (Å²) in [5.74, 6) is -0.0848. The second kappa shape index (κ2) is 8.42. The van der Waals surface area contributed by atoms with Crippen LogP contribution in [0.1, 0.15) is 58.1 Å². The summed E-state index contributed by atoms with van der Waals surface area (Å²) in [6, 6.07) is 2.99. The van der Waals surface area contributed by atoms with E-state index in [4.69, 9.17) is 0 Å². The zero-order valence-corrected chi connectivity index (χ0v) is 20.3. The standard InChI is InChI=1S/C27H35F2N3O2/c1-26-12-10-18-16(6-9-22-27(18,2)13-11-23(33)32(22)3)17(26)7-8-19(26)24(29)25(34)31-15-21-20(28)5-4-14-30-21/h4-5,11,13-14,16-19,22,24H,6-10,12,15H2,1-3H3,(H,31,34)/t16?,17-,18?,19+,22+,24?,26-,27+/m0/s1. The molecule has 3 aliphatic carbocycles. The van der Waals surface area contributed by atoms with Gasteiger partial charge in [0.2, 0.25) is 5.91 Å². The number of pyridine rings is 1. The molecule has 2 heterocycles. The maximum atomic E-state index is 15.6. The first-order valence-electron chi connectivity index (χ1n) is 12.6. The van der Waals surface area contributed by atoms with Crippen LogP contribution in [0.2, 0.25) is 0 Å². The molecule has 3 fully saturated rings. The lowest BCUT2D eigenvalue weighted by Gasteiger charge is -2.60. The molecule has 5 rings (SSSR count). The quantitative estimate of drug-likeness (QED) is 0.707. The van der Waals surface area contributed by atoms with Crippen molar-refractivity contribution in [2.24, 2.45) is 34.5 Å². The minimum Gasteiger partial charge on any atom is -0.348 e. The Bertz CT molecular complexity index is 1020. The molecule has 0 aromatic carbocycles. The Labute approximate surface area is 200 Å². The molecule has 184 valence electrons. The summed E-state index contributed by atoms with van der Waals surface area (Å²) >= 11 is 0. The average Bonchev–Trinajstić information content (AvgIpc) is 3.17. The molecule has 1 aromatic rings. The van der Waals surface area contributed by atoms with Gasteiger partial charge in [-0.15, -0.1) is 0 Å². The number of hydrogen-bond acceptors (Lipinski definition) is 3. The number of amides is 2. The molecule has 3 unspecified atom stereocenters. The predicted octanol–water partition coefficient (Wildman–Crippen LogP) is 4.43. The van der Waals surface area contributed by atoms with Crippen molar-refractivity contribution in [2.75, 3.05) is 7.05 Å². The molecule has 1 aliphatic heterocycles. The van der Waals surface area contributed by atoms with Gasteiger partial charge in [0.05, 0.1) is 12.2 Å². The van der Waals surface area contributed by atoms with E-state index in [1.807, 2.05) is 11.9 Å². The average molecular weight is 472 g/mol. The van der Waals surface area contributed by atoms with Crippen molar-refractivity contribution in [3.8, 4) is 0 Å². The van der Waals surface area contributed by atoms with Crippen molar-refractivity contribution in [3.05, 3.63) is 42.0 Å². The second-order valence-electron chi connectivity index (χ2n) is 11.4. The molecule has 5 nitrogen and oxygen atoms in total. The number of fused-ring (bicyclic) bond motifs is 5. The molecule has 2 amide bonds. The van der Waals surface area contributed by atoms with Crippen LogP contribution in [0, 0.1) is 40.3 Å². The third-order valence-corrected chi connectivity index (χ3v) is 10.1. The molecule has 3 saturated carbocycles. The van der Waals surface area contributed by atoms with E-state index in [9.17, 15) is 14.0 Å². The first kappa shape index (κ1) is 23.4. The third kappa shape index (κ3) is 3.49. The minimum absolute atomic E-state index is 0.0513. The van der Waals surface area contributed by atoms with Gasteiger partial charge in [-0.25, -0.2) is 8.78 Å². The Balaban J connectivity index is 1.30. The van der Waals surface area contributed by atoms with Crippen LogP contribution in [0.4, 0.5) is 8.78 Å². The van der Waals surface area contributed by atoms with Crippen LogP contribution in [0.15, 0.2) is 30.5 Å². The summed E-state index contributed by atoms with van der Waals surface area (Å²) in [5.41, 5.74) is -0.158. The number of nitrogens with one attached hydrogen (secondary N) is 1. The molecule has 8 atom stereocenters. The van der Waals surface area contributed by atoms with Crippen LogP contribution < -0.4 is 5.32 Å². The van der Waals surface area contributed by atoms with Crippen molar-refractivity contribution < 1.29 is 18.4 Å². The van der Waals surface area contributed by atoms with Crippen molar-refractivity contribution in [1.82, 2.24) is 15.2 Å². The summed E-state index contributed by atoms with van der Waals surface area (Å²) in [6.45, 7) is 4.37. The van der Waals surface area contributed by atoms with Crippen molar-refractivity contribution in [3.63, 3.8) is 0 Å². The van der Waals surface area contributed by atoms with Crippen LogP contribution >= 0.6 is 0 Å². The van der Waals surface area contributed by atoms with Gasteiger partial charge >= 0.3 is 0 Å². The van der Waals surface area contributed by atoms with E-state index in [-0.39, 0.29) is 40.9 Å². The van der Waals surface area contributed by atoms with Gasteiger partial charge in [0.25, 0.3) is 5.91 Å². The van der Waals surface area contributed by atoms with Crippen molar-refractivity contribution in [2.45, 2.75) is 71.1 Å². The Morgan fingerprint density at radius 2 is 2.03 bits per heavy atom. The summed E-state index contributed by atoms with van der Waals surface area (Å²) in [6.07, 6.45) is 9.26. The van der Waals surface area contributed by atoms with Gasteiger partial charge in [0, 0.05) is 30.6 Å². The molecule has 1 N–H and O–H groups in total. The molecule has 0 saturated heterocycles. The summed E-state index contributed by atoms with van der Waals surface area (Å²) in [4.78, 5) is 30.9. The lowest BCUT2D eigenvalue weighted by molar-refractivity contribution is -0.141. The van der Waals surface area contributed by atoms with E-state index in [1.54, 1.807) is 6.08 Å². The van der Waals surface area contributed by atoms with Gasteiger partial charge in [-0.3, -0.25) is 14.6 Å². The molecule has 0 spiro atoms. The van der Waals surface area contributed by atoms with E-state index in [1.165, 1.54) is 18.3 Å². The molecular formula is C27H35F2N3O2. The second-order valence-corrected chi connectivity index (χ2v) is 11.4. The van der Waals surface area contributed by atoms with Crippen LogP contribution in [0.5, 0.6) is 0 Å². The van der Waals surface area contributed by atoms with E-state index >= 15 is 4.39 Å². The van der Waals surface area contributed by atoms with E-state index in [2.05, 4.69) is 30.2 Å². The largest absolute Gasteiger partial charge is 0.348 e. The smallest absolute Gasteiger partial charge is 0.255 e. The molecule has 0 radical (unpaired) electrons. The van der Waals surface area contributed by atoms with E-state index in [0.29, 0.717) is 24.2 Å². The van der Waals surface area contributed by atoms with E-state index < -0.39 is 17.9 Å². The zero-order valence-electron chi connectivity index (χ0n) is 20.3. The number of carbonyl (C=O) groups excluding carboxylic acids is 2. The number of halogens is 2. The molecule has 4 aliphatic rings. The maximum Gasteiger partial charge on any atom is 0.255 e. The van der Waals surface area contributed by atoms with Crippen LogP contribution in [-0.2, 0) is 16.1 Å². The van der Waals surface area contributed by atoms with Gasteiger partial charge in [-0.1, -0.05) is 19.9 Å². The first-order valence-corrected chi connectivity index (χ1v) is 12.6. The lowest BCUT2D eigenvalue weighted by Crippen LogP contribution is -2.60. The van der Waals surface area contributed by atoms with Gasteiger partial charge in [-0.2, -0.15) is 0 Å². The van der Waals surface area contributed by atoms with Gasteiger partial charge in [-0.05, 0) is 79.9 Å². The molecule has 34 heavy (non-hydrogen) atoms. The van der Waals surface area contributed by atoms with Crippen molar-refractivity contribution in [1.29, 1.82) is 0 Å². The number of hydrogen-bond donors (Lipinski definition) is 1. The SMILES string of the molecule is CN1C(=O)C=C[C@]2(C)C3CC[C@]4(C)[C@@H](C(F)C(=O)NCc5ncccc5F)CC[C@H]4C3CC[C@@H]12. The maximum absolute atomic E-state index is 15.6. The van der Waals surface area contributed by atoms with Gasteiger partial charge < -0.3 is 10.2 Å². The lowest BCUT2D eigenvalue weighted by atomic mass is 9.47. The van der Waals surface area contributed by atoms with Gasteiger partial charge in [0.1, 0.15) is 5.82 Å². The number of rotatable bonds is 4. The molecular weight excluding hydrogens is 436 g/mol. The minimum atomic E-state index is -1.61. The molecule has 7 heteroatoms. The third-order valence-electron chi connectivity index (χ3n) is 10.1. The number of nitrogens with zero attached hydrogens (tertiary/aromatic N) is 2. The monoisotopic (exact) mass is 471 g/mol. The number of aromatic nitrogens is 1. The fourth-order valence-electron chi connectivity index (χ4n) is 8.26. The van der Waals surface area contributed by atoms with Crippen LogP contribution in [0.3, 0.4) is 0 Å². The Morgan fingerprint density at radius 3 is 2.79 bits per heavy atom. The number of likely N-dealkylation sites (N-methyl/N-ethyl adjacent to an activating group) is 1. The van der Waals surface area contributed by atoms with Crippen molar-refractivity contribution >= 4 is 11.8 Å². The summed E-state index contributed by atoms with van der Waals surface area (Å²) < 4.78 is 29.4. The summed E-state index contributed by atoms with van der Waals surface area (Å²) in [5, 5.41) is 2.57. The Hall–Kier alpha value is -2.31. The normalized spacial score (nSPS) is 39.7. The highest BCUT2D eigenvalue weighted by molar-refractivity contribution is 5.89. The van der Waals surface area contributed by atoms with E-state index in [0.717, 1.165) is 32.1 Å². The number of alkyl halides is 1. The highest BCUT2D eigenvalue weighted by Gasteiger charge is 2.62. The Kier molecular flexibility index (Phi) is 5.80.